The molecule has 1 fully saturated rings. The molecular formula is C22H15ClN4O5S. The van der Waals surface area contributed by atoms with Crippen LogP contribution in [0, 0.1) is 10.1 Å². The molecule has 1 aliphatic rings. The molecule has 0 bridgehead atoms. The van der Waals surface area contributed by atoms with Gasteiger partial charge in [0.2, 0.25) is 0 Å². The van der Waals surface area contributed by atoms with E-state index >= 15 is 0 Å². The third-order valence-electron chi connectivity index (χ3n) is 4.49. The van der Waals surface area contributed by atoms with Gasteiger partial charge >= 0.3 is 0 Å². The molecule has 1 N–H and O–H groups in total. The highest BCUT2D eigenvalue weighted by molar-refractivity contribution is 8.18. The van der Waals surface area contributed by atoms with E-state index in [4.69, 9.17) is 16.0 Å². The van der Waals surface area contributed by atoms with Gasteiger partial charge in [0.05, 0.1) is 28.9 Å². The monoisotopic (exact) mass is 482 g/mol. The highest BCUT2D eigenvalue weighted by Crippen LogP contribution is 2.35. The first-order valence-corrected chi connectivity index (χ1v) is 10.7. The number of amidine groups is 1. The number of phenolic OH excluding ortho intramolecular Hbond substituents is 1. The van der Waals surface area contributed by atoms with Crippen molar-refractivity contribution < 1.29 is 19.2 Å². The molecule has 11 heteroatoms. The van der Waals surface area contributed by atoms with E-state index in [1.165, 1.54) is 41.7 Å². The zero-order chi connectivity index (χ0) is 23.4. The van der Waals surface area contributed by atoms with Gasteiger partial charge in [0, 0.05) is 28.3 Å². The van der Waals surface area contributed by atoms with Gasteiger partial charge in [0.15, 0.2) is 5.17 Å². The number of aromatic hydroxyl groups is 1. The Morgan fingerprint density at radius 2 is 2.06 bits per heavy atom. The van der Waals surface area contributed by atoms with Crippen LogP contribution in [0.25, 0.3) is 6.08 Å². The second-order valence-corrected chi connectivity index (χ2v) is 8.21. The van der Waals surface area contributed by atoms with Gasteiger partial charge < -0.3 is 9.52 Å². The standard InChI is InChI=1S/C22H15ClN4O5S/c23-16-6-7-19(28)15(10-16)11-20-21(29)26(13-18-5-2-8-32-18)22(33-20)25-24-12-14-3-1-4-17(9-14)27(30)31/h1-12,28H,13H2/b20-11-,24-12+,25-22-. The summed E-state index contributed by atoms with van der Waals surface area (Å²) in [4.78, 5) is 25.2. The molecule has 1 saturated heterocycles. The molecule has 33 heavy (non-hydrogen) atoms. The van der Waals surface area contributed by atoms with Crippen LogP contribution >= 0.6 is 23.4 Å². The lowest BCUT2D eigenvalue weighted by molar-refractivity contribution is -0.384. The highest BCUT2D eigenvalue weighted by Gasteiger charge is 2.34. The van der Waals surface area contributed by atoms with E-state index in [0.717, 1.165) is 11.8 Å². The maximum Gasteiger partial charge on any atom is 0.270 e. The summed E-state index contributed by atoms with van der Waals surface area (Å²) in [6, 6.07) is 13.9. The Morgan fingerprint density at radius 1 is 1.21 bits per heavy atom. The molecule has 9 nitrogen and oxygen atoms in total. The van der Waals surface area contributed by atoms with Crippen molar-refractivity contribution >= 4 is 52.4 Å². The molecule has 1 amide bonds. The largest absolute Gasteiger partial charge is 0.507 e. The number of nitrogens with zero attached hydrogens (tertiary/aromatic N) is 4. The maximum atomic E-state index is 13.1. The Kier molecular flexibility index (Phi) is 6.57. The van der Waals surface area contributed by atoms with E-state index < -0.39 is 4.92 Å². The van der Waals surface area contributed by atoms with Gasteiger partial charge in [-0.15, -0.1) is 5.10 Å². The summed E-state index contributed by atoms with van der Waals surface area (Å²) in [6.45, 7) is 0.128. The van der Waals surface area contributed by atoms with Crippen molar-refractivity contribution in [3.8, 4) is 5.75 Å². The van der Waals surface area contributed by atoms with Crippen LogP contribution in [0.3, 0.4) is 0 Å². The summed E-state index contributed by atoms with van der Waals surface area (Å²) in [5.41, 5.74) is 0.806. The first kappa shape index (κ1) is 22.3. The van der Waals surface area contributed by atoms with Gasteiger partial charge in [-0.2, -0.15) is 5.10 Å². The topological polar surface area (TPSA) is 122 Å². The number of amides is 1. The SMILES string of the molecule is O=C1/C(=C/c2cc(Cl)ccc2O)S/C(=N\N=C\c2cccc([N+](=O)[O-])c2)N1Cc1ccco1. The van der Waals surface area contributed by atoms with Crippen molar-refractivity contribution in [1.82, 2.24) is 4.90 Å². The molecule has 0 atom stereocenters. The lowest BCUT2D eigenvalue weighted by Crippen LogP contribution is -2.28. The quantitative estimate of drug-likeness (QED) is 0.227. The minimum Gasteiger partial charge on any atom is -0.507 e. The Balaban J connectivity index is 1.64. The zero-order valence-electron chi connectivity index (χ0n) is 16.8. The molecular weight excluding hydrogens is 468 g/mol. The lowest BCUT2D eigenvalue weighted by atomic mass is 10.2. The average Bonchev–Trinajstić information content (AvgIpc) is 3.41. The number of nitro benzene ring substituents is 1. The fraction of sp³-hybridized carbons (Fsp3) is 0.0455. The minimum atomic E-state index is -0.498. The number of nitro groups is 1. The van der Waals surface area contributed by atoms with Crippen LogP contribution in [-0.2, 0) is 11.3 Å². The summed E-state index contributed by atoms with van der Waals surface area (Å²) in [5.74, 6) is 0.179. The Bertz CT molecular complexity index is 1300. The predicted molar refractivity (Wildman–Crippen MR) is 126 cm³/mol. The number of phenols is 1. The molecule has 166 valence electrons. The van der Waals surface area contributed by atoms with Crippen molar-refractivity contribution in [1.29, 1.82) is 0 Å². The number of rotatable bonds is 6. The van der Waals surface area contributed by atoms with Gasteiger partial charge in [-0.1, -0.05) is 23.7 Å². The molecule has 4 rings (SSSR count). The van der Waals surface area contributed by atoms with Crippen LogP contribution < -0.4 is 0 Å². The van der Waals surface area contributed by atoms with Crippen molar-refractivity contribution in [3.63, 3.8) is 0 Å². The summed E-state index contributed by atoms with van der Waals surface area (Å²) < 4.78 is 5.35. The Labute approximate surface area is 196 Å². The predicted octanol–water partition coefficient (Wildman–Crippen LogP) is 5.05. The Morgan fingerprint density at radius 3 is 2.82 bits per heavy atom. The highest BCUT2D eigenvalue weighted by atomic mass is 35.5. The van der Waals surface area contributed by atoms with Gasteiger partial charge in [-0.3, -0.25) is 19.8 Å². The van der Waals surface area contributed by atoms with Crippen LogP contribution in [0.1, 0.15) is 16.9 Å². The van der Waals surface area contributed by atoms with E-state index in [9.17, 15) is 20.0 Å². The number of hydrogen-bond acceptors (Lipinski definition) is 8. The molecule has 2 aromatic carbocycles. The van der Waals surface area contributed by atoms with Crippen LogP contribution in [-0.4, -0.2) is 32.2 Å². The normalized spacial score (nSPS) is 16.4. The number of furan rings is 1. The molecule has 1 aromatic heterocycles. The average molecular weight is 483 g/mol. The van der Waals surface area contributed by atoms with Gasteiger partial charge in [0.1, 0.15) is 11.5 Å². The first-order chi connectivity index (χ1) is 15.9. The summed E-state index contributed by atoms with van der Waals surface area (Å²) in [7, 11) is 0. The van der Waals surface area contributed by atoms with Crippen molar-refractivity contribution in [2.24, 2.45) is 10.2 Å². The fourth-order valence-corrected chi connectivity index (χ4v) is 4.03. The van der Waals surface area contributed by atoms with E-state index in [0.29, 0.717) is 26.8 Å². The van der Waals surface area contributed by atoms with E-state index in [1.54, 1.807) is 36.4 Å². The lowest BCUT2D eigenvalue weighted by Gasteiger charge is -2.12. The Hall–Kier alpha value is -3.89. The first-order valence-electron chi connectivity index (χ1n) is 9.48. The van der Waals surface area contributed by atoms with E-state index in [-0.39, 0.29) is 29.1 Å². The number of thioether (sulfide) groups is 1. The summed E-state index contributed by atoms with van der Waals surface area (Å²) in [5, 5.41) is 29.9. The molecule has 0 spiro atoms. The van der Waals surface area contributed by atoms with Gasteiger partial charge in [0.25, 0.3) is 11.6 Å². The minimum absolute atomic E-state index is 0.0213. The third-order valence-corrected chi connectivity index (χ3v) is 5.72. The molecule has 2 heterocycles. The molecule has 0 aliphatic carbocycles. The molecule has 3 aromatic rings. The number of carbonyl (C=O) groups excluding carboxylic acids is 1. The summed E-state index contributed by atoms with van der Waals surface area (Å²) in [6.07, 6.45) is 4.39. The maximum absolute atomic E-state index is 13.1. The third kappa shape index (κ3) is 5.30. The van der Waals surface area contributed by atoms with Crippen molar-refractivity contribution in [2.75, 3.05) is 0 Å². The van der Waals surface area contributed by atoms with Crippen molar-refractivity contribution in [3.05, 3.63) is 97.8 Å². The van der Waals surface area contributed by atoms with Crippen molar-refractivity contribution in [2.45, 2.75) is 6.54 Å². The number of non-ortho nitro benzene ring substituents is 1. The number of benzene rings is 2. The van der Waals surface area contributed by atoms with E-state index in [1.807, 2.05) is 0 Å². The number of halogens is 1. The molecule has 0 saturated carbocycles. The second-order valence-electron chi connectivity index (χ2n) is 6.76. The second kappa shape index (κ2) is 9.72. The fourth-order valence-electron chi connectivity index (χ4n) is 2.93. The molecule has 0 unspecified atom stereocenters. The number of hydrogen-bond donors (Lipinski definition) is 1. The van der Waals surface area contributed by atoms with Crippen LogP contribution in [0.15, 0.2) is 80.4 Å². The number of carbonyl (C=O) groups is 1. The summed E-state index contributed by atoms with van der Waals surface area (Å²) >= 11 is 7.08. The zero-order valence-corrected chi connectivity index (χ0v) is 18.4. The van der Waals surface area contributed by atoms with E-state index in [2.05, 4.69) is 10.2 Å². The molecule has 0 radical (unpaired) electrons. The molecule has 1 aliphatic heterocycles. The van der Waals surface area contributed by atoms with Gasteiger partial charge in [-0.25, -0.2) is 0 Å². The van der Waals surface area contributed by atoms with Crippen LogP contribution in [0.4, 0.5) is 5.69 Å². The van der Waals surface area contributed by atoms with Crippen LogP contribution in [0.5, 0.6) is 5.75 Å². The van der Waals surface area contributed by atoms with Crippen LogP contribution in [0.2, 0.25) is 5.02 Å². The smallest absolute Gasteiger partial charge is 0.270 e. The van der Waals surface area contributed by atoms with Gasteiger partial charge in [-0.05, 0) is 48.2 Å².